The molecular formula is C19H22O3. The highest BCUT2D eigenvalue weighted by atomic mass is 16.5. The van der Waals surface area contributed by atoms with Crippen molar-refractivity contribution in [1.82, 2.24) is 0 Å². The van der Waals surface area contributed by atoms with Gasteiger partial charge in [-0.05, 0) is 36.1 Å². The topological polar surface area (TPSA) is 46.5 Å². The van der Waals surface area contributed by atoms with Gasteiger partial charge in [0.1, 0.15) is 5.75 Å². The smallest absolute Gasteiger partial charge is 0.345 e. The lowest BCUT2D eigenvalue weighted by Gasteiger charge is -2.16. The van der Waals surface area contributed by atoms with Gasteiger partial charge in [0.05, 0.1) is 0 Å². The molecule has 3 nitrogen and oxygen atoms in total. The SMILES string of the molecule is Cc1ccc(CC(Oc2ccc(C(C)C)cc2)C(=O)O)cc1. The van der Waals surface area contributed by atoms with Gasteiger partial charge < -0.3 is 9.84 Å². The van der Waals surface area contributed by atoms with E-state index in [1.54, 1.807) is 0 Å². The Labute approximate surface area is 131 Å². The van der Waals surface area contributed by atoms with E-state index < -0.39 is 12.1 Å². The fourth-order valence-electron chi connectivity index (χ4n) is 2.21. The second kappa shape index (κ2) is 7.12. The quantitative estimate of drug-likeness (QED) is 0.869. The Kier molecular flexibility index (Phi) is 5.21. The Morgan fingerprint density at radius 2 is 1.64 bits per heavy atom. The van der Waals surface area contributed by atoms with Crippen LogP contribution in [0.25, 0.3) is 0 Å². The number of hydrogen-bond donors (Lipinski definition) is 1. The first-order chi connectivity index (χ1) is 10.5. The average molecular weight is 298 g/mol. The number of rotatable bonds is 6. The normalized spacial score (nSPS) is 12.2. The minimum Gasteiger partial charge on any atom is -0.478 e. The van der Waals surface area contributed by atoms with E-state index in [9.17, 15) is 9.90 Å². The van der Waals surface area contributed by atoms with Crippen LogP contribution >= 0.6 is 0 Å². The molecule has 2 aromatic carbocycles. The molecule has 0 heterocycles. The Morgan fingerprint density at radius 1 is 1.05 bits per heavy atom. The molecule has 1 unspecified atom stereocenters. The van der Waals surface area contributed by atoms with Crippen molar-refractivity contribution in [3.8, 4) is 5.75 Å². The van der Waals surface area contributed by atoms with Crippen LogP contribution in [0.1, 0.15) is 36.5 Å². The van der Waals surface area contributed by atoms with Crippen molar-refractivity contribution in [3.63, 3.8) is 0 Å². The lowest BCUT2D eigenvalue weighted by Crippen LogP contribution is -2.29. The molecule has 0 spiro atoms. The van der Waals surface area contributed by atoms with Crippen molar-refractivity contribution >= 4 is 5.97 Å². The predicted molar refractivity (Wildman–Crippen MR) is 87.5 cm³/mol. The summed E-state index contributed by atoms with van der Waals surface area (Å²) in [5.74, 6) is 0.0781. The van der Waals surface area contributed by atoms with Crippen LogP contribution < -0.4 is 4.74 Å². The highest BCUT2D eigenvalue weighted by Crippen LogP contribution is 2.20. The number of hydrogen-bond acceptors (Lipinski definition) is 2. The minimum atomic E-state index is -0.950. The summed E-state index contributed by atoms with van der Waals surface area (Å²) >= 11 is 0. The molecule has 0 aliphatic heterocycles. The van der Waals surface area contributed by atoms with Gasteiger partial charge in [0, 0.05) is 6.42 Å². The summed E-state index contributed by atoms with van der Waals surface area (Å²) in [6, 6.07) is 15.5. The average Bonchev–Trinajstić information content (AvgIpc) is 2.49. The largest absolute Gasteiger partial charge is 0.478 e. The zero-order valence-corrected chi connectivity index (χ0v) is 13.2. The molecule has 3 heteroatoms. The highest BCUT2D eigenvalue weighted by Gasteiger charge is 2.20. The van der Waals surface area contributed by atoms with Crippen molar-refractivity contribution in [2.75, 3.05) is 0 Å². The van der Waals surface area contributed by atoms with Gasteiger partial charge in [-0.1, -0.05) is 55.8 Å². The molecule has 0 radical (unpaired) electrons. The molecular weight excluding hydrogens is 276 g/mol. The van der Waals surface area contributed by atoms with Crippen LogP contribution in [0.5, 0.6) is 5.75 Å². The van der Waals surface area contributed by atoms with E-state index in [0.717, 1.165) is 11.1 Å². The van der Waals surface area contributed by atoms with Gasteiger partial charge in [0.25, 0.3) is 0 Å². The van der Waals surface area contributed by atoms with Gasteiger partial charge in [0.15, 0.2) is 6.10 Å². The van der Waals surface area contributed by atoms with Crippen LogP contribution in [0.4, 0.5) is 0 Å². The van der Waals surface area contributed by atoms with E-state index in [-0.39, 0.29) is 0 Å². The molecule has 1 atom stereocenters. The second-order valence-electron chi connectivity index (χ2n) is 5.86. The van der Waals surface area contributed by atoms with Crippen LogP contribution in [-0.4, -0.2) is 17.2 Å². The first-order valence-electron chi connectivity index (χ1n) is 7.50. The number of carboxylic acid groups (broad SMARTS) is 1. The molecule has 2 aromatic rings. The first kappa shape index (κ1) is 16.1. The molecule has 0 aromatic heterocycles. The van der Waals surface area contributed by atoms with E-state index in [4.69, 9.17) is 4.74 Å². The molecule has 0 fully saturated rings. The third kappa shape index (κ3) is 4.35. The van der Waals surface area contributed by atoms with Crippen LogP contribution in [0, 0.1) is 6.92 Å². The first-order valence-corrected chi connectivity index (χ1v) is 7.50. The van der Waals surface area contributed by atoms with Crippen LogP contribution in [-0.2, 0) is 11.2 Å². The zero-order chi connectivity index (χ0) is 16.1. The predicted octanol–water partition coefficient (Wildman–Crippen LogP) is 4.19. The molecule has 116 valence electrons. The summed E-state index contributed by atoms with van der Waals surface area (Å²) in [5.41, 5.74) is 3.32. The van der Waals surface area contributed by atoms with Crippen LogP contribution in [0.15, 0.2) is 48.5 Å². The maximum Gasteiger partial charge on any atom is 0.345 e. The fourth-order valence-corrected chi connectivity index (χ4v) is 2.21. The second-order valence-corrected chi connectivity index (χ2v) is 5.86. The number of benzene rings is 2. The van der Waals surface area contributed by atoms with Crippen molar-refractivity contribution in [2.45, 2.75) is 39.2 Å². The lowest BCUT2D eigenvalue weighted by atomic mass is 10.0. The monoisotopic (exact) mass is 298 g/mol. The van der Waals surface area contributed by atoms with E-state index in [0.29, 0.717) is 18.1 Å². The molecule has 1 N–H and O–H groups in total. The van der Waals surface area contributed by atoms with Crippen molar-refractivity contribution in [1.29, 1.82) is 0 Å². The third-order valence-corrected chi connectivity index (χ3v) is 3.64. The van der Waals surface area contributed by atoms with Gasteiger partial charge in [-0.3, -0.25) is 0 Å². The molecule has 0 amide bonds. The molecule has 0 aliphatic rings. The molecule has 22 heavy (non-hydrogen) atoms. The number of aliphatic carboxylic acids is 1. The maximum absolute atomic E-state index is 11.4. The minimum absolute atomic E-state index is 0.349. The van der Waals surface area contributed by atoms with E-state index >= 15 is 0 Å². The number of aryl methyl sites for hydroxylation is 1. The Balaban J connectivity index is 2.08. The maximum atomic E-state index is 11.4. The van der Waals surface area contributed by atoms with Gasteiger partial charge in [-0.2, -0.15) is 0 Å². The Morgan fingerprint density at radius 3 is 2.14 bits per heavy atom. The lowest BCUT2D eigenvalue weighted by molar-refractivity contribution is -0.145. The fraction of sp³-hybridized carbons (Fsp3) is 0.316. The van der Waals surface area contributed by atoms with E-state index in [1.807, 2.05) is 55.5 Å². The summed E-state index contributed by atoms with van der Waals surface area (Å²) < 4.78 is 5.65. The standard InChI is InChI=1S/C19H22O3/c1-13(2)16-8-10-17(11-9-16)22-18(19(20)21)12-15-6-4-14(3)5-7-15/h4-11,13,18H,12H2,1-3H3,(H,20,21). The number of ether oxygens (including phenoxy) is 1. The Hall–Kier alpha value is -2.29. The molecule has 0 saturated carbocycles. The van der Waals surface area contributed by atoms with Gasteiger partial charge >= 0.3 is 5.97 Å². The van der Waals surface area contributed by atoms with Crippen molar-refractivity contribution in [2.24, 2.45) is 0 Å². The molecule has 2 rings (SSSR count). The van der Waals surface area contributed by atoms with Crippen LogP contribution in [0.2, 0.25) is 0 Å². The summed E-state index contributed by atoms with van der Waals surface area (Å²) in [5, 5.41) is 9.37. The highest BCUT2D eigenvalue weighted by molar-refractivity contribution is 5.73. The summed E-state index contributed by atoms with van der Waals surface area (Å²) in [4.78, 5) is 11.4. The van der Waals surface area contributed by atoms with Crippen molar-refractivity contribution < 1.29 is 14.6 Å². The van der Waals surface area contributed by atoms with E-state index in [1.165, 1.54) is 5.56 Å². The summed E-state index contributed by atoms with van der Waals surface area (Å²) in [6.45, 7) is 6.24. The van der Waals surface area contributed by atoms with Gasteiger partial charge in [-0.15, -0.1) is 0 Å². The number of carbonyl (C=O) groups is 1. The third-order valence-electron chi connectivity index (χ3n) is 3.64. The van der Waals surface area contributed by atoms with Crippen LogP contribution in [0.3, 0.4) is 0 Å². The molecule has 0 aliphatic carbocycles. The zero-order valence-electron chi connectivity index (χ0n) is 13.2. The van der Waals surface area contributed by atoms with E-state index in [2.05, 4.69) is 13.8 Å². The number of carboxylic acids is 1. The summed E-state index contributed by atoms with van der Waals surface area (Å²) in [6.07, 6.45) is -0.533. The summed E-state index contributed by atoms with van der Waals surface area (Å²) in [7, 11) is 0. The molecule has 0 saturated heterocycles. The van der Waals surface area contributed by atoms with Gasteiger partial charge in [0.2, 0.25) is 0 Å². The van der Waals surface area contributed by atoms with Crippen molar-refractivity contribution in [3.05, 3.63) is 65.2 Å². The Bertz CT molecular complexity index is 612. The van der Waals surface area contributed by atoms with Gasteiger partial charge in [-0.25, -0.2) is 4.79 Å². The molecule has 0 bridgehead atoms.